The molecule has 0 aliphatic rings. The lowest BCUT2D eigenvalue weighted by atomic mass is 9.95. The SMILES string of the molecule is [B]Cc1cc([N+](=O)[O-])c2c(c1)cc(C(=O)OCC)n2C(=O)OC(C)(C)C. The van der Waals surface area contributed by atoms with Crippen molar-refractivity contribution in [2.45, 2.75) is 39.6 Å². The Morgan fingerprint density at radius 2 is 1.92 bits per heavy atom. The van der Waals surface area contributed by atoms with Crippen molar-refractivity contribution in [1.82, 2.24) is 4.57 Å². The van der Waals surface area contributed by atoms with E-state index in [1.165, 1.54) is 12.1 Å². The van der Waals surface area contributed by atoms with Gasteiger partial charge in [-0.2, -0.15) is 0 Å². The highest BCUT2D eigenvalue weighted by molar-refractivity contribution is 6.09. The Hall–Kier alpha value is -2.84. The van der Waals surface area contributed by atoms with Crippen LogP contribution in [0.4, 0.5) is 10.5 Å². The van der Waals surface area contributed by atoms with E-state index in [1.807, 2.05) is 0 Å². The molecule has 2 radical (unpaired) electrons. The van der Waals surface area contributed by atoms with E-state index in [2.05, 4.69) is 0 Å². The highest BCUT2D eigenvalue weighted by Gasteiger charge is 2.30. The van der Waals surface area contributed by atoms with E-state index in [9.17, 15) is 19.7 Å². The number of carbonyl (C=O) groups is 2. The molecule has 0 saturated carbocycles. The van der Waals surface area contributed by atoms with Gasteiger partial charge in [0, 0.05) is 11.5 Å². The molecule has 0 fully saturated rings. The van der Waals surface area contributed by atoms with Crippen LogP contribution in [0.5, 0.6) is 0 Å². The quantitative estimate of drug-likeness (QED) is 0.360. The lowest BCUT2D eigenvalue weighted by molar-refractivity contribution is -0.383. The summed E-state index contributed by atoms with van der Waals surface area (Å²) < 4.78 is 11.2. The number of non-ortho nitro benzene ring substituents is 1. The highest BCUT2D eigenvalue weighted by atomic mass is 16.6. The summed E-state index contributed by atoms with van der Waals surface area (Å²) in [5.74, 6) is -0.779. The molecule has 9 heteroatoms. The van der Waals surface area contributed by atoms with Gasteiger partial charge in [-0.15, -0.1) is 0 Å². The fourth-order valence-electron chi connectivity index (χ4n) is 2.50. The number of rotatable bonds is 4. The number of hydrogen-bond acceptors (Lipinski definition) is 6. The van der Waals surface area contributed by atoms with Gasteiger partial charge in [0.2, 0.25) is 0 Å². The van der Waals surface area contributed by atoms with Crippen LogP contribution in [0.2, 0.25) is 0 Å². The normalized spacial score (nSPS) is 11.4. The third-order valence-corrected chi connectivity index (χ3v) is 3.43. The highest BCUT2D eigenvalue weighted by Crippen LogP contribution is 2.32. The zero-order valence-electron chi connectivity index (χ0n) is 15.1. The van der Waals surface area contributed by atoms with Crippen LogP contribution < -0.4 is 0 Å². The van der Waals surface area contributed by atoms with Crippen molar-refractivity contribution in [3.63, 3.8) is 0 Å². The number of benzene rings is 1. The third-order valence-electron chi connectivity index (χ3n) is 3.43. The minimum Gasteiger partial charge on any atom is -0.461 e. The van der Waals surface area contributed by atoms with Gasteiger partial charge in [-0.05, 0) is 45.4 Å². The maximum atomic E-state index is 12.7. The number of carbonyl (C=O) groups excluding carboxylic acids is 2. The van der Waals surface area contributed by atoms with Crippen molar-refractivity contribution in [3.8, 4) is 0 Å². The van der Waals surface area contributed by atoms with E-state index in [1.54, 1.807) is 33.8 Å². The molecule has 2 rings (SSSR count). The first-order chi connectivity index (χ1) is 12.1. The van der Waals surface area contributed by atoms with E-state index in [0.717, 1.165) is 4.57 Å². The van der Waals surface area contributed by atoms with Gasteiger partial charge in [0.1, 0.15) is 16.8 Å². The molecule has 8 nitrogen and oxygen atoms in total. The zero-order valence-corrected chi connectivity index (χ0v) is 15.1. The summed E-state index contributed by atoms with van der Waals surface area (Å²) >= 11 is 0. The second-order valence-electron chi connectivity index (χ2n) is 6.58. The number of nitrogens with zero attached hydrogens (tertiary/aromatic N) is 2. The van der Waals surface area contributed by atoms with Crippen LogP contribution in [-0.4, -0.2) is 41.6 Å². The monoisotopic (exact) mass is 358 g/mol. The molecule has 2 aromatic rings. The van der Waals surface area contributed by atoms with Crippen LogP contribution in [0.3, 0.4) is 0 Å². The van der Waals surface area contributed by atoms with Crippen molar-refractivity contribution in [2.24, 2.45) is 0 Å². The number of fused-ring (bicyclic) bond motifs is 1. The average Bonchev–Trinajstić information content (AvgIpc) is 2.91. The third kappa shape index (κ3) is 3.87. The Morgan fingerprint density at radius 3 is 2.42 bits per heavy atom. The lowest BCUT2D eigenvalue weighted by Gasteiger charge is -2.20. The summed E-state index contributed by atoms with van der Waals surface area (Å²) in [6, 6.07) is 4.23. The van der Waals surface area contributed by atoms with Gasteiger partial charge in [0.25, 0.3) is 5.69 Å². The molecule has 1 aromatic heterocycles. The molecular weight excluding hydrogens is 339 g/mol. The van der Waals surface area contributed by atoms with Crippen molar-refractivity contribution in [1.29, 1.82) is 0 Å². The number of esters is 1. The van der Waals surface area contributed by atoms with Crippen LogP contribution in [0.15, 0.2) is 18.2 Å². The maximum Gasteiger partial charge on any atom is 0.419 e. The predicted octanol–water partition coefficient (Wildman–Crippen LogP) is 3.18. The van der Waals surface area contributed by atoms with E-state index >= 15 is 0 Å². The van der Waals surface area contributed by atoms with Crippen LogP contribution in [-0.2, 0) is 15.8 Å². The molecule has 136 valence electrons. The molecule has 0 bridgehead atoms. The van der Waals surface area contributed by atoms with Crippen molar-refractivity contribution >= 4 is 36.5 Å². The molecule has 0 saturated heterocycles. The van der Waals surface area contributed by atoms with E-state index in [4.69, 9.17) is 17.3 Å². The topological polar surface area (TPSA) is 101 Å². The number of aromatic nitrogens is 1. The Balaban J connectivity index is 2.82. The number of hydrogen-bond donors (Lipinski definition) is 0. The van der Waals surface area contributed by atoms with E-state index in [0.29, 0.717) is 10.9 Å². The fourth-order valence-corrected chi connectivity index (χ4v) is 2.50. The van der Waals surface area contributed by atoms with Gasteiger partial charge >= 0.3 is 12.1 Å². The molecule has 26 heavy (non-hydrogen) atoms. The van der Waals surface area contributed by atoms with Crippen molar-refractivity contribution < 1.29 is 24.0 Å². The molecule has 0 unspecified atom stereocenters. The lowest BCUT2D eigenvalue weighted by Crippen LogP contribution is -2.29. The van der Waals surface area contributed by atoms with Gasteiger partial charge in [-0.3, -0.25) is 10.1 Å². The van der Waals surface area contributed by atoms with Crippen LogP contribution in [0.1, 0.15) is 43.7 Å². The van der Waals surface area contributed by atoms with Crippen LogP contribution in [0.25, 0.3) is 10.9 Å². The molecular formula is C17H19BN2O6. The van der Waals surface area contributed by atoms with E-state index < -0.39 is 22.6 Å². The summed E-state index contributed by atoms with van der Waals surface area (Å²) in [4.78, 5) is 35.9. The van der Waals surface area contributed by atoms with Gasteiger partial charge in [0.15, 0.2) is 0 Å². The molecule has 1 aromatic carbocycles. The zero-order chi connectivity index (χ0) is 19.6. The summed E-state index contributed by atoms with van der Waals surface area (Å²) in [6.45, 7) is 6.67. The Labute approximate surface area is 151 Å². The van der Waals surface area contributed by atoms with Crippen LogP contribution in [0, 0.1) is 10.1 Å². The molecule has 0 aliphatic carbocycles. The second-order valence-corrected chi connectivity index (χ2v) is 6.58. The predicted molar refractivity (Wildman–Crippen MR) is 95.6 cm³/mol. The molecule has 0 N–H and O–H groups in total. The average molecular weight is 358 g/mol. The number of nitro groups is 1. The first kappa shape index (κ1) is 19.5. The molecule has 0 atom stereocenters. The summed E-state index contributed by atoms with van der Waals surface area (Å²) in [7, 11) is 5.59. The van der Waals surface area contributed by atoms with E-state index in [-0.39, 0.29) is 29.8 Å². The molecule has 0 spiro atoms. The van der Waals surface area contributed by atoms with Gasteiger partial charge < -0.3 is 9.47 Å². The van der Waals surface area contributed by atoms with Crippen LogP contribution >= 0.6 is 0 Å². The molecule has 0 aliphatic heterocycles. The second kappa shape index (κ2) is 7.19. The standard InChI is InChI=1S/C17H19BN2O6/c1-5-25-15(21)13-8-11-6-10(9-18)7-12(20(23)24)14(11)19(13)16(22)26-17(2,3)4/h6-8H,5,9H2,1-4H3. The number of ether oxygens (including phenoxy) is 2. The Bertz CT molecular complexity index is 881. The maximum absolute atomic E-state index is 12.7. The Morgan fingerprint density at radius 1 is 1.27 bits per heavy atom. The first-order valence-electron chi connectivity index (χ1n) is 8.02. The first-order valence-corrected chi connectivity index (χ1v) is 8.02. The summed E-state index contributed by atoms with van der Waals surface area (Å²) in [5, 5.41) is 11.9. The Kier molecular flexibility index (Phi) is 5.39. The summed E-state index contributed by atoms with van der Waals surface area (Å²) in [5.41, 5.74) is -0.880. The van der Waals surface area contributed by atoms with Crippen molar-refractivity contribution in [3.05, 3.63) is 39.6 Å². The van der Waals surface area contributed by atoms with Gasteiger partial charge in [0.05, 0.1) is 19.4 Å². The smallest absolute Gasteiger partial charge is 0.419 e. The molecule has 1 heterocycles. The van der Waals surface area contributed by atoms with Gasteiger partial charge in [-0.25, -0.2) is 14.2 Å². The minimum atomic E-state index is -0.904. The minimum absolute atomic E-state index is 0.0375. The fraction of sp³-hybridized carbons (Fsp3) is 0.412. The largest absolute Gasteiger partial charge is 0.461 e. The van der Waals surface area contributed by atoms with Gasteiger partial charge in [-0.1, -0.05) is 6.32 Å². The van der Waals surface area contributed by atoms with Crippen molar-refractivity contribution in [2.75, 3.05) is 6.61 Å². The summed E-state index contributed by atoms with van der Waals surface area (Å²) in [6.07, 6.45) is -0.831. The number of nitro benzene ring substituents is 1. The molecule has 0 amide bonds.